The van der Waals surface area contributed by atoms with Gasteiger partial charge >= 0.3 is 6.18 Å². The molecule has 1 fully saturated rings. The van der Waals surface area contributed by atoms with E-state index < -0.39 is 18.6 Å². The molecular formula is C26H31ClF3N7O3. The van der Waals surface area contributed by atoms with Crippen LogP contribution in [0.5, 0.6) is 0 Å². The summed E-state index contributed by atoms with van der Waals surface area (Å²) >= 11 is 6.39. The van der Waals surface area contributed by atoms with Crippen molar-refractivity contribution in [3.63, 3.8) is 0 Å². The molecule has 0 spiro atoms. The second-order valence-electron chi connectivity index (χ2n) is 9.94. The van der Waals surface area contributed by atoms with Gasteiger partial charge in [-0.05, 0) is 43.5 Å². The fourth-order valence-electron chi connectivity index (χ4n) is 4.98. The van der Waals surface area contributed by atoms with Gasteiger partial charge in [-0.15, -0.1) is 0 Å². The number of aromatic amines is 1. The van der Waals surface area contributed by atoms with Gasteiger partial charge in [-0.2, -0.15) is 23.5 Å². The highest BCUT2D eigenvalue weighted by atomic mass is 35.5. The summed E-state index contributed by atoms with van der Waals surface area (Å²) in [5.74, 6) is -0.893. The van der Waals surface area contributed by atoms with Crippen LogP contribution < -0.4 is 5.32 Å². The van der Waals surface area contributed by atoms with Crippen LogP contribution in [0, 0.1) is 17.2 Å². The maximum absolute atomic E-state index is 13.1. The predicted molar refractivity (Wildman–Crippen MR) is 142 cm³/mol. The molecule has 40 heavy (non-hydrogen) atoms. The van der Waals surface area contributed by atoms with Crippen molar-refractivity contribution in [3.05, 3.63) is 40.3 Å². The van der Waals surface area contributed by atoms with E-state index in [9.17, 15) is 27.6 Å². The number of hydrogen-bond acceptors (Lipinski definition) is 7. The number of nitrogens with zero attached hydrogens (tertiary/aromatic N) is 5. The predicted octanol–water partition coefficient (Wildman–Crippen LogP) is 2.99. The highest BCUT2D eigenvalue weighted by molar-refractivity contribution is 6.35. The van der Waals surface area contributed by atoms with Crippen molar-refractivity contribution in [2.24, 2.45) is 5.92 Å². The number of hydrogen-bond donors (Lipinski definition) is 2. The van der Waals surface area contributed by atoms with Crippen molar-refractivity contribution in [1.82, 2.24) is 30.2 Å². The monoisotopic (exact) mass is 581 g/mol. The molecule has 1 atom stereocenters. The number of benzene rings is 1. The molecule has 0 radical (unpaired) electrons. The zero-order chi connectivity index (χ0) is 29.4. The van der Waals surface area contributed by atoms with E-state index in [1.807, 2.05) is 11.0 Å². The summed E-state index contributed by atoms with van der Waals surface area (Å²) in [4.78, 5) is 40.4. The van der Waals surface area contributed by atoms with Crippen LogP contribution >= 0.6 is 11.6 Å². The lowest BCUT2D eigenvalue weighted by Gasteiger charge is -2.36. The molecule has 10 nitrogen and oxygen atoms in total. The molecule has 0 saturated carbocycles. The van der Waals surface area contributed by atoms with Crippen molar-refractivity contribution in [2.75, 3.05) is 33.7 Å². The molecule has 2 amide bonds. The van der Waals surface area contributed by atoms with Gasteiger partial charge in [-0.3, -0.25) is 19.6 Å². The first-order valence-electron chi connectivity index (χ1n) is 12.6. The number of aldehydes is 1. The fraction of sp³-hybridized carbons (Fsp3) is 0.500. The maximum atomic E-state index is 13.1. The molecule has 2 aromatic rings. The third-order valence-electron chi connectivity index (χ3n) is 6.94. The minimum atomic E-state index is -4.38. The van der Waals surface area contributed by atoms with Gasteiger partial charge in [-0.1, -0.05) is 11.6 Å². The highest BCUT2D eigenvalue weighted by Crippen LogP contribution is 2.31. The summed E-state index contributed by atoms with van der Waals surface area (Å²) in [5, 5.41) is 19.0. The number of alkyl halides is 3. The molecule has 2 N–H and O–H groups in total. The molecule has 0 aliphatic carbocycles. The van der Waals surface area contributed by atoms with Crippen LogP contribution in [-0.4, -0.2) is 89.4 Å². The van der Waals surface area contributed by atoms with Gasteiger partial charge in [0.1, 0.15) is 18.1 Å². The third-order valence-corrected chi connectivity index (χ3v) is 7.24. The molecular weight excluding hydrogens is 551 g/mol. The molecule has 2 heterocycles. The molecule has 1 unspecified atom stereocenters. The lowest BCUT2D eigenvalue weighted by Crippen LogP contribution is -2.45. The molecule has 1 aliphatic heterocycles. The zero-order valence-electron chi connectivity index (χ0n) is 22.2. The summed E-state index contributed by atoms with van der Waals surface area (Å²) < 4.78 is 38.9. The Balaban J connectivity index is 1.68. The smallest absolute Gasteiger partial charge is 0.375 e. The van der Waals surface area contributed by atoms with E-state index >= 15 is 0 Å². The van der Waals surface area contributed by atoms with Gasteiger partial charge in [-0.25, -0.2) is 0 Å². The fourth-order valence-corrected chi connectivity index (χ4v) is 5.26. The summed E-state index contributed by atoms with van der Waals surface area (Å²) in [6, 6.07) is 3.57. The molecule has 1 saturated heterocycles. The average Bonchev–Trinajstić information content (AvgIpc) is 3.40. The number of aromatic nitrogens is 2. The van der Waals surface area contributed by atoms with E-state index in [2.05, 4.69) is 15.5 Å². The van der Waals surface area contributed by atoms with E-state index in [4.69, 9.17) is 16.9 Å². The number of fused-ring (bicyclic) bond motifs is 1. The SMILES string of the molecule is CN(Cc1c(CC(C=O)CC(=O)N2CCC(N(C)/C=C(/C#N)NC=O)CC2)cc(Cl)c2[nH]ncc12)CC(F)(F)F. The number of nitriles is 1. The summed E-state index contributed by atoms with van der Waals surface area (Å²) in [5.41, 5.74) is 1.76. The Morgan fingerprint density at radius 1 is 1.35 bits per heavy atom. The minimum absolute atomic E-state index is 0.0487. The quantitative estimate of drug-likeness (QED) is 0.292. The van der Waals surface area contributed by atoms with Crippen LogP contribution in [0.2, 0.25) is 5.02 Å². The summed E-state index contributed by atoms with van der Waals surface area (Å²) in [7, 11) is 3.15. The van der Waals surface area contributed by atoms with E-state index in [0.717, 1.165) is 4.90 Å². The standard InChI is InChI=1S/C26H31ClF3N7O3/c1-35(15-26(28,29)30)13-22-18(9-23(27)25-21(22)11-33-34-25)7-17(14-38)8-24(40)37-5-3-20(4-6-37)36(2)12-19(10-31)32-16-39/h9,11-12,14,16-17,20H,3-8,13,15H2,1-2H3,(H,32,39)(H,33,34)/b19-12-. The Labute approximate surface area is 234 Å². The van der Waals surface area contributed by atoms with Crippen molar-refractivity contribution in [3.8, 4) is 6.07 Å². The third kappa shape index (κ3) is 8.19. The molecule has 216 valence electrons. The molecule has 1 aliphatic rings. The Hall–Kier alpha value is -3.63. The van der Waals surface area contributed by atoms with Crippen LogP contribution in [0.25, 0.3) is 10.9 Å². The van der Waals surface area contributed by atoms with Gasteiger partial charge in [0.15, 0.2) is 0 Å². The highest BCUT2D eigenvalue weighted by Gasteiger charge is 2.30. The van der Waals surface area contributed by atoms with Gasteiger partial charge in [0.05, 0.1) is 23.3 Å². The van der Waals surface area contributed by atoms with Crippen LogP contribution in [0.3, 0.4) is 0 Å². The Kier molecular flexibility index (Phi) is 10.5. The summed E-state index contributed by atoms with van der Waals surface area (Å²) in [6.45, 7) is -0.254. The van der Waals surface area contributed by atoms with Crippen LogP contribution in [0.4, 0.5) is 13.2 Å². The van der Waals surface area contributed by atoms with Gasteiger partial charge < -0.3 is 19.9 Å². The van der Waals surface area contributed by atoms with E-state index in [0.29, 0.717) is 65.7 Å². The van der Waals surface area contributed by atoms with Gasteiger partial charge in [0.2, 0.25) is 12.3 Å². The number of likely N-dealkylation sites (tertiary alicyclic amines) is 1. The average molecular weight is 582 g/mol. The lowest BCUT2D eigenvalue weighted by atomic mass is 9.91. The van der Waals surface area contributed by atoms with Crippen molar-refractivity contribution < 1.29 is 27.6 Å². The number of piperidine rings is 1. The number of carbonyl (C=O) groups is 3. The molecule has 1 aromatic heterocycles. The maximum Gasteiger partial charge on any atom is 0.401 e. The van der Waals surface area contributed by atoms with E-state index in [1.54, 1.807) is 24.2 Å². The number of amides is 2. The molecule has 0 bridgehead atoms. The number of halogens is 4. The normalized spacial score (nSPS) is 15.7. The van der Waals surface area contributed by atoms with Crippen molar-refractivity contribution >= 4 is 41.1 Å². The van der Waals surface area contributed by atoms with E-state index in [-0.39, 0.29) is 37.0 Å². The number of carbonyl (C=O) groups excluding carboxylic acids is 3. The van der Waals surface area contributed by atoms with E-state index in [1.165, 1.54) is 13.2 Å². The van der Waals surface area contributed by atoms with Crippen molar-refractivity contribution in [2.45, 2.75) is 44.4 Å². The second-order valence-corrected chi connectivity index (χ2v) is 10.3. The Bertz CT molecular complexity index is 1280. The topological polar surface area (TPSA) is 125 Å². The van der Waals surface area contributed by atoms with Crippen molar-refractivity contribution in [1.29, 1.82) is 5.26 Å². The van der Waals surface area contributed by atoms with Crippen LogP contribution in [0.15, 0.2) is 24.2 Å². The summed E-state index contributed by atoms with van der Waals surface area (Å²) in [6.07, 6.45) is 1.14. The number of nitrogens with one attached hydrogen (secondary N) is 2. The molecule has 1 aromatic carbocycles. The molecule has 14 heteroatoms. The number of allylic oxidation sites excluding steroid dienone is 1. The first-order valence-corrected chi connectivity index (χ1v) is 13.0. The van der Waals surface area contributed by atoms with Crippen LogP contribution in [-0.2, 0) is 27.3 Å². The zero-order valence-corrected chi connectivity index (χ0v) is 22.9. The second kappa shape index (κ2) is 13.6. The van der Waals surface area contributed by atoms with Gasteiger partial charge in [0.25, 0.3) is 0 Å². The van der Waals surface area contributed by atoms with Gasteiger partial charge in [0, 0.05) is 56.6 Å². The largest absolute Gasteiger partial charge is 0.401 e. The first-order chi connectivity index (χ1) is 18.9. The number of H-pyrrole nitrogens is 1. The molecule has 3 rings (SSSR count). The Morgan fingerprint density at radius 2 is 2.05 bits per heavy atom. The lowest BCUT2D eigenvalue weighted by molar-refractivity contribution is -0.144. The first kappa shape index (κ1) is 30.9. The number of rotatable bonds is 12. The Morgan fingerprint density at radius 3 is 2.65 bits per heavy atom. The van der Waals surface area contributed by atoms with Crippen LogP contribution in [0.1, 0.15) is 30.4 Å². The minimum Gasteiger partial charge on any atom is -0.375 e.